The van der Waals surface area contributed by atoms with Crippen LogP contribution < -0.4 is 10.6 Å². The number of H-pyrrole nitrogens is 1. The van der Waals surface area contributed by atoms with Gasteiger partial charge in [-0.25, -0.2) is 0 Å². The number of anilines is 1. The van der Waals surface area contributed by atoms with Gasteiger partial charge in [-0.3, -0.25) is 15.0 Å². The van der Waals surface area contributed by atoms with Crippen LogP contribution in [-0.4, -0.2) is 39.5 Å². The van der Waals surface area contributed by atoms with Crippen molar-refractivity contribution in [2.24, 2.45) is 0 Å². The van der Waals surface area contributed by atoms with Crippen LogP contribution in [0.15, 0.2) is 103 Å². The third-order valence-corrected chi connectivity index (χ3v) is 8.11. The molecule has 2 aromatic heterocycles. The maximum Gasteiger partial charge on any atom is 0.241 e. The molecule has 3 aromatic carbocycles. The van der Waals surface area contributed by atoms with Crippen LogP contribution in [0.1, 0.15) is 23.2 Å². The standard InChI is InChI=1S/C32H31N5O/c38-31(34-27-14-6-7-15-29(27)37-17-8-9-18-37)28-20-25-24-12-4-5-13-26(24)33-30(25)32(35-28)16-19-36(22-32)21-23-10-2-1-3-11-23/h1-15,17-18,28,33,35H,16,19-22H2,(H,34,38). The smallest absolute Gasteiger partial charge is 0.241 e. The first-order valence-electron chi connectivity index (χ1n) is 13.4. The Morgan fingerprint density at radius 2 is 1.68 bits per heavy atom. The Balaban J connectivity index is 1.21. The predicted molar refractivity (Wildman–Crippen MR) is 151 cm³/mol. The van der Waals surface area contributed by atoms with E-state index in [9.17, 15) is 4.79 Å². The van der Waals surface area contributed by atoms with Gasteiger partial charge in [-0.2, -0.15) is 0 Å². The Morgan fingerprint density at radius 3 is 2.55 bits per heavy atom. The summed E-state index contributed by atoms with van der Waals surface area (Å²) in [6.45, 7) is 2.73. The minimum atomic E-state index is -0.337. The Hall–Kier alpha value is -4.13. The van der Waals surface area contributed by atoms with Crippen molar-refractivity contribution in [2.75, 3.05) is 18.4 Å². The van der Waals surface area contributed by atoms with Crippen LogP contribution in [0.5, 0.6) is 0 Å². The molecule has 1 saturated heterocycles. The minimum Gasteiger partial charge on any atom is -0.357 e. The number of nitrogens with zero attached hydrogens (tertiary/aromatic N) is 2. The van der Waals surface area contributed by atoms with Gasteiger partial charge in [-0.1, -0.05) is 60.7 Å². The molecule has 0 radical (unpaired) electrons. The molecule has 2 aliphatic heterocycles. The number of para-hydroxylation sites is 3. The second kappa shape index (κ2) is 9.31. The number of rotatable bonds is 5. The molecule has 0 aliphatic carbocycles. The molecule has 0 saturated carbocycles. The summed E-state index contributed by atoms with van der Waals surface area (Å²) in [5.74, 6) is 0.00132. The molecule has 6 nitrogen and oxygen atoms in total. The van der Waals surface area contributed by atoms with E-state index in [-0.39, 0.29) is 17.5 Å². The summed E-state index contributed by atoms with van der Waals surface area (Å²) < 4.78 is 2.03. The molecule has 38 heavy (non-hydrogen) atoms. The second-order valence-electron chi connectivity index (χ2n) is 10.6. The van der Waals surface area contributed by atoms with Crippen LogP contribution in [0.3, 0.4) is 0 Å². The number of benzene rings is 3. The normalized spacial score (nSPS) is 21.1. The molecule has 7 rings (SSSR count). The SMILES string of the molecule is O=C(Nc1ccccc1-n1cccc1)C1Cc2c([nH]c3ccccc23)C2(CCN(Cc3ccccc3)C2)N1. The summed E-state index contributed by atoms with van der Waals surface area (Å²) in [5.41, 5.74) is 6.42. The van der Waals surface area contributed by atoms with Gasteiger partial charge in [-0.05, 0) is 54.3 Å². The van der Waals surface area contributed by atoms with Gasteiger partial charge in [0.15, 0.2) is 0 Å². The van der Waals surface area contributed by atoms with Crippen molar-refractivity contribution in [3.05, 3.63) is 120 Å². The Labute approximate surface area is 222 Å². The lowest BCUT2D eigenvalue weighted by atomic mass is 9.83. The number of fused-ring (bicyclic) bond motifs is 4. The van der Waals surface area contributed by atoms with E-state index in [2.05, 4.69) is 75.1 Å². The number of nitrogens with one attached hydrogen (secondary N) is 3. The molecule has 5 aromatic rings. The van der Waals surface area contributed by atoms with E-state index in [1.54, 1.807) is 0 Å². The van der Waals surface area contributed by atoms with Gasteiger partial charge >= 0.3 is 0 Å². The fourth-order valence-corrected chi connectivity index (χ4v) is 6.35. The zero-order valence-electron chi connectivity index (χ0n) is 21.2. The Kier molecular flexibility index (Phi) is 5.64. The number of aromatic amines is 1. The number of hydrogen-bond donors (Lipinski definition) is 3. The van der Waals surface area contributed by atoms with Gasteiger partial charge < -0.3 is 14.9 Å². The summed E-state index contributed by atoms with van der Waals surface area (Å²) in [6.07, 6.45) is 5.59. The molecule has 0 bridgehead atoms. The van der Waals surface area contributed by atoms with E-state index in [1.165, 1.54) is 22.2 Å². The molecule has 6 heteroatoms. The number of aromatic nitrogens is 2. The van der Waals surface area contributed by atoms with E-state index in [1.807, 2.05) is 53.4 Å². The van der Waals surface area contributed by atoms with Gasteiger partial charge in [0.05, 0.1) is 23.0 Å². The zero-order valence-corrected chi connectivity index (χ0v) is 21.2. The lowest BCUT2D eigenvalue weighted by Crippen LogP contribution is -2.58. The molecule has 190 valence electrons. The summed E-state index contributed by atoms with van der Waals surface area (Å²) in [5, 5.41) is 8.31. The van der Waals surface area contributed by atoms with E-state index in [0.29, 0.717) is 6.42 Å². The summed E-state index contributed by atoms with van der Waals surface area (Å²) in [6, 6.07) is 30.7. The first-order chi connectivity index (χ1) is 18.7. The highest BCUT2D eigenvalue weighted by molar-refractivity contribution is 5.98. The first kappa shape index (κ1) is 23.0. The van der Waals surface area contributed by atoms with Gasteiger partial charge in [-0.15, -0.1) is 0 Å². The highest BCUT2D eigenvalue weighted by Crippen LogP contribution is 2.41. The molecule has 1 spiro atoms. The van der Waals surface area contributed by atoms with Crippen molar-refractivity contribution in [1.82, 2.24) is 19.8 Å². The number of amides is 1. The van der Waals surface area contributed by atoms with E-state index in [4.69, 9.17) is 0 Å². The molecule has 1 amide bonds. The highest BCUT2D eigenvalue weighted by Gasteiger charge is 2.48. The van der Waals surface area contributed by atoms with Crippen LogP contribution in [0.2, 0.25) is 0 Å². The maximum absolute atomic E-state index is 13.9. The van der Waals surface area contributed by atoms with Crippen LogP contribution in [0.4, 0.5) is 5.69 Å². The first-order valence-corrected chi connectivity index (χ1v) is 13.4. The zero-order chi connectivity index (χ0) is 25.5. The quantitative estimate of drug-likeness (QED) is 0.310. The number of hydrogen-bond acceptors (Lipinski definition) is 3. The summed E-state index contributed by atoms with van der Waals surface area (Å²) in [4.78, 5) is 20.1. The molecular formula is C32H31N5O. The van der Waals surface area contributed by atoms with Crippen LogP contribution >= 0.6 is 0 Å². The van der Waals surface area contributed by atoms with Crippen LogP contribution in [0, 0.1) is 0 Å². The molecule has 3 N–H and O–H groups in total. The van der Waals surface area contributed by atoms with Gasteiger partial charge in [0, 0.05) is 48.6 Å². The average Bonchev–Trinajstić information content (AvgIpc) is 3.70. The predicted octanol–water partition coefficient (Wildman–Crippen LogP) is 5.21. The Bertz CT molecular complexity index is 1590. The van der Waals surface area contributed by atoms with Gasteiger partial charge in [0.1, 0.15) is 0 Å². The third-order valence-electron chi connectivity index (χ3n) is 8.11. The van der Waals surface area contributed by atoms with Gasteiger partial charge in [0.2, 0.25) is 5.91 Å². The topological polar surface area (TPSA) is 65.1 Å². The van der Waals surface area contributed by atoms with E-state index in [0.717, 1.165) is 42.9 Å². The monoisotopic (exact) mass is 501 g/mol. The second-order valence-corrected chi connectivity index (χ2v) is 10.6. The summed E-state index contributed by atoms with van der Waals surface area (Å²) >= 11 is 0. The molecule has 2 unspecified atom stereocenters. The lowest BCUT2D eigenvalue weighted by molar-refractivity contribution is -0.119. The average molecular weight is 502 g/mol. The highest BCUT2D eigenvalue weighted by atomic mass is 16.2. The van der Waals surface area contributed by atoms with E-state index >= 15 is 0 Å². The van der Waals surface area contributed by atoms with Gasteiger partial charge in [0.25, 0.3) is 0 Å². The molecular weight excluding hydrogens is 470 g/mol. The van der Waals surface area contributed by atoms with Crippen LogP contribution in [0.25, 0.3) is 16.6 Å². The molecule has 2 atom stereocenters. The Morgan fingerprint density at radius 1 is 0.921 bits per heavy atom. The largest absolute Gasteiger partial charge is 0.357 e. The maximum atomic E-state index is 13.9. The third kappa shape index (κ3) is 4.02. The van der Waals surface area contributed by atoms with Crippen molar-refractivity contribution in [3.63, 3.8) is 0 Å². The fourth-order valence-electron chi connectivity index (χ4n) is 6.35. The van der Waals surface area contributed by atoms with Crippen molar-refractivity contribution < 1.29 is 4.79 Å². The minimum absolute atomic E-state index is 0.00132. The van der Waals surface area contributed by atoms with Crippen molar-refractivity contribution in [2.45, 2.75) is 31.0 Å². The van der Waals surface area contributed by atoms with Crippen molar-refractivity contribution >= 4 is 22.5 Å². The molecule has 4 heterocycles. The fraction of sp³-hybridized carbons (Fsp3) is 0.219. The van der Waals surface area contributed by atoms with Crippen LogP contribution in [-0.2, 0) is 23.3 Å². The molecule has 2 aliphatic rings. The summed E-state index contributed by atoms with van der Waals surface area (Å²) in [7, 11) is 0. The van der Waals surface area contributed by atoms with Crippen molar-refractivity contribution in [1.29, 1.82) is 0 Å². The number of carbonyl (C=O) groups excluding carboxylic acids is 1. The van der Waals surface area contributed by atoms with E-state index < -0.39 is 0 Å². The molecule has 1 fully saturated rings. The van der Waals surface area contributed by atoms with Crippen molar-refractivity contribution in [3.8, 4) is 5.69 Å². The number of likely N-dealkylation sites (tertiary alicyclic amines) is 1. The lowest BCUT2D eigenvalue weighted by Gasteiger charge is -2.39. The number of carbonyl (C=O) groups is 1.